The SMILES string of the molecule is C1=C[C]2([Ti]([C]34C=CC(CC3)C4)([C]34C=CC(CC3)C4)[C]34C=CC(CC3)C4)CCC1C2. The van der Waals surface area contributed by atoms with Crippen molar-refractivity contribution in [3.05, 3.63) is 48.6 Å². The van der Waals surface area contributed by atoms with Crippen molar-refractivity contribution in [3.63, 3.8) is 0 Å². The number of fused-ring (bicyclic) bond motifs is 8. The summed E-state index contributed by atoms with van der Waals surface area (Å²) in [4.78, 5) is 0. The molecule has 0 spiro atoms. The number of hydrogen-bond donors (Lipinski definition) is 0. The molecule has 152 valence electrons. The van der Waals surface area contributed by atoms with E-state index in [-0.39, 0.29) is 0 Å². The van der Waals surface area contributed by atoms with Gasteiger partial charge in [0.2, 0.25) is 0 Å². The number of allylic oxidation sites excluding steroid dienone is 8. The topological polar surface area (TPSA) is 0 Å². The Kier molecular flexibility index (Phi) is 3.08. The Balaban J connectivity index is 1.49. The molecule has 8 aliphatic carbocycles. The molecule has 0 aromatic carbocycles. The van der Waals surface area contributed by atoms with Gasteiger partial charge >= 0.3 is 181 Å². The van der Waals surface area contributed by atoms with Crippen LogP contribution in [0.2, 0.25) is 14.9 Å². The second-order valence-electron chi connectivity index (χ2n) is 12.8. The van der Waals surface area contributed by atoms with Gasteiger partial charge in [0.15, 0.2) is 0 Å². The van der Waals surface area contributed by atoms with Gasteiger partial charge in [0.1, 0.15) is 0 Å². The Labute approximate surface area is 180 Å². The van der Waals surface area contributed by atoms with E-state index in [1.807, 2.05) is 0 Å². The van der Waals surface area contributed by atoms with Crippen molar-refractivity contribution < 1.29 is 16.6 Å². The molecule has 0 aliphatic heterocycles. The molecule has 4 fully saturated rings. The van der Waals surface area contributed by atoms with E-state index in [2.05, 4.69) is 48.6 Å². The molecule has 0 nitrogen and oxygen atoms in total. The fourth-order valence-electron chi connectivity index (χ4n) is 11.8. The van der Waals surface area contributed by atoms with Crippen molar-refractivity contribution in [2.75, 3.05) is 0 Å². The van der Waals surface area contributed by atoms with Crippen LogP contribution in [0, 0.1) is 23.7 Å². The molecule has 8 atom stereocenters. The fourth-order valence-corrected chi connectivity index (χ4v) is 30.1. The van der Waals surface area contributed by atoms with Crippen LogP contribution in [0.4, 0.5) is 0 Å². The first-order valence-corrected chi connectivity index (χ1v) is 16.0. The molecular weight excluding hydrogens is 384 g/mol. The predicted molar refractivity (Wildman–Crippen MR) is 117 cm³/mol. The summed E-state index contributed by atoms with van der Waals surface area (Å²) in [6.45, 7) is 0. The Morgan fingerprint density at radius 2 is 0.724 bits per heavy atom. The van der Waals surface area contributed by atoms with Gasteiger partial charge in [-0.1, -0.05) is 0 Å². The Hall–Kier alpha value is -0.326. The van der Waals surface area contributed by atoms with Gasteiger partial charge in [-0.05, 0) is 0 Å². The molecule has 0 radical (unpaired) electrons. The minimum atomic E-state index is -2.64. The molecule has 1 heteroatoms. The quantitative estimate of drug-likeness (QED) is 0.317. The van der Waals surface area contributed by atoms with E-state index < -0.39 is 16.6 Å². The van der Waals surface area contributed by atoms with Gasteiger partial charge in [-0.15, -0.1) is 0 Å². The van der Waals surface area contributed by atoms with Gasteiger partial charge in [-0.2, -0.15) is 0 Å². The van der Waals surface area contributed by atoms with Crippen molar-refractivity contribution in [1.29, 1.82) is 0 Å². The Bertz CT molecular complexity index is 758. The van der Waals surface area contributed by atoms with E-state index in [0.29, 0.717) is 14.9 Å². The molecule has 0 amide bonds. The molecule has 0 heterocycles. The van der Waals surface area contributed by atoms with E-state index in [1.54, 1.807) is 51.4 Å². The van der Waals surface area contributed by atoms with Gasteiger partial charge in [-0.25, -0.2) is 0 Å². The van der Waals surface area contributed by atoms with Crippen LogP contribution < -0.4 is 0 Å². The molecule has 0 aromatic heterocycles. The molecule has 8 bridgehead atoms. The van der Waals surface area contributed by atoms with E-state index in [0.717, 1.165) is 23.7 Å². The first-order valence-electron chi connectivity index (χ1n) is 12.9. The van der Waals surface area contributed by atoms with Crippen LogP contribution in [0.5, 0.6) is 0 Å². The van der Waals surface area contributed by atoms with Gasteiger partial charge in [0, 0.05) is 0 Å². The van der Waals surface area contributed by atoms with Gasteiger partial charge in [-0.3, -0.25) is 0 Å². The molecule has 8 unspecified atom stereocenters. The number of rotatable bonds is 4. The molecule has 29 heavy (non-hydrogen) atoms. The van der Waals surface area contributed by atoms with Crippen molar-refractivity contribution in [2.45, 2.75) is 91.9 Å². The maximum absolute atomic E-state index is 2.93. The Morgan fingerprint density at radius 3 is 0.862 bits per heavy atom. The van der Waals surface area contributed by atoms with Gasteiger partial charge < -0.3 is 0 Å². The third kappa shape index (κ3) is 1.70. The first kappa shape index (κ1) is 17.3. The normalized spacial score (nSPS) is 59.0. The number of hydrogen-bond acceptors (Lipinski definition) is 0. The van der Waals surface area contributed by atoms with Crippen molar-refractivity contribution in [1.82, 2.24) is 0 Å². The van der Waals surface area contributed by atoms with Crippen molar-refractivity contribution >= 4 is 0 Å². The predicted octanol–water partition coefficient (Wildman–Crippen LogP) is 8.25. The Morgan fingerprint density at radius 1 is 0.448 bits per heavy atom. The van der Waals surface area contributed by atoms with E-state index in [1.165, 1.54) is 25.7 Å². The maximum atomic E-state index is 2.93. The molecule has 8 rings (SSSR count). The van der Waals surface area contributed by atoms with Crippen LogP contribution in [-0.2, 0) is 16.6 Å². The summed E-state index contributed by atoms with van der Waals surface area (Å²) >= 11 is -2.64. The van der Waals surface area contributed by atoms with Crippen LogP contribution in [-0.4, -0.2) is 0 Å². The standard InChI is InChI=1S/4C7H9.Ti/c4*1-2-7-4-3-6(1)5-7;/h4*1-2,6H,3-5H2;. The molecule has 4 saturated carbocycles. The molecule has 0 aromatic rings. The van der Waals surface area contributed by atoms with Crippen LogP contribution in [0.3, 0.4) is 0 Å². The van der Waals surface area contributed by atoms with E-state index >= 15 is 0 Å². The van der Waals surface area contributed by atoms with Gasteiger partial charge in [0.25, 0.3) is 0 Å². The fraction of sp³-hybridized carbons (Fsp3) is 0.714. The van der Waals surface area contributed by atoms with Crippen molar-refractivity contribution in [3.8, 4) is 0 Å². The van der Waals surface area contributed by atoms with Crippen molar-refractivity contribution in [2.24, 2.45) is 23.7 Å². The molecule has 0 saturated heterocycles. The van der Waals surface area contributed by atoms with Crippen LogP contribution >= 0.6 is 0 Å². The second-order valence-corrected chi connectivity index (χ2v) is 21.4. The zero-order chi connectivity index (χ0) is 19.0. The summed E-state index contributed by atoms with van der Waals surface area (Å²) in [7, 11) is 0. The zero-order valence-corrected chi connectivity index (χ0v) is 19.5. The summed E-state index contributed by atoms with van der Waals surface area (Å²) in [5.41, 5.74) is 0. The molecular formula is C28H36Ti. The third-order valence-corrected chi connectivity index (χ3v) is 25.3. The van der Waals surface area contributed by atoms with E-state index in [9.17, 15) is 0 Å². The zero-order valence-electron chi connectivity index (χ0n) is 17.9. The average Bonchev–Trinajstić information content (AvgIpc) is 3.59. The summed E-state index contributed by atoms with van der Waals surface area (Å²) in [6, 6.07) is 0. The second kappa shape index (κ2) is 5.18. The summed E-state index contributed by atoms with van der Waals surface area (Å²) in [5, 5.41) is 0. The summed E-state index contributed by atoms with van der Waals surface area (Å²) < 4.78 is 2.56. The van der Waals surface area contributed by atoms with Crippen LogP contribution in [0.25, 0.3) is 0 Å². The molecule has 8 aliphatic rings. The minimum absolute atomic E-state index is 0.640. The van der Waals surface area contributed by atoms with Crippen LogP contribution in [0.1, 0.15) is 77.0 Å². The summed E-state index contributed by atoms with van der Waals surface area (Å²) in [6.07, 6.45) is 41.2. The van der Waals surface area contributed by atoms with E-state index in [4.69, 9.17) is 0 Å². The third-order valence-electron chi connectivity index (χ3n) is 12.1. The molecule has 0 N–H and O–H groups in total. The summed E-state index contributed by atoms with van der Waals surface area (Å²) in [5.74, 6) is 3.71. The first-order chi connectivity index (χ1) is 14.1. The monoisotopic (exact) mass is 420 g/mol. The van der Waals surface area contributed by atoms with Gasteiger partial charge in [0.05, 0.1) is 0 Å². The average molecular weight is 420 g/mol. The van der Waals surface area contributed by atoms with Crippen LogP contribution in [0.15, 0.2) is 48.6 Å².